The summed E-state index contributed by atoms with van der Waals surface area (Å²) in [6, 6.07) is 6.72. The van der Waals surface area contributed by atoms with Crippen LogP contribution in [0.15, 0.2) is 22.6 Å². The summed E-state index contributed by atoms with van der Waals surface area (Å²) in [5.74, 6) is 4.45. The molecule has 0 amide bonds. The van der Waals surface area contributed by atoms with Crippen LogP contribution in [-0.2, 0) is 12.2 Å². The van der Waals surface area contributed by atoms with Crippen molar-refractivity contribution in [1.82, 2.24) is 5.32 Å². The Labute approximate surface area is 122 Å². The van der Waals surface area contributed by atoms with Crippen molar-refractivity contribution in [3.05, 3.63) is 45.0 Å². The monoisotopic (exact) mass is 293 g/mol. The summed E-state index contributed by atoms with van der Waals surface area (Å²) in [6.07, 6.45) is 1.22. The Morgan fingerprint density at radius 3 is 3.00 bits per heavy atom. The smallest absolute Gasteiger partial charge is 0.126 e. The van der Waals surface area contributed by atoms with Crippen LogP contribution in [-0.4, -0.2) is 12.3 Å². The summed E-state index contributed by atoms with van der Waals surface area (Å²) in [6.45, 7) is 5.09. The molecule has 1 unspecified atom stereocenters. The molecule has 0 fully saturated rings. The van der Waals surface area contributed by atoms with E-state index in [0.717, 1.165) is 18.1 Å². The van der Waals surface area contributed by atoms with Gasteiger partial charge in [-0.05, 0) is 49.4 Å². The van der Waals surface area contributed by atoms with E-state index >= 15 is 0 Å². The van der Waals surface area contributed by atoms with Gasteiger partial charge in [-0.1, -0.05) is 6.92 Å². The molecule has 4 heteroatoms. The Kier molecular flexibility index (Phi) is 4.01. The molecule has 0 spiro atoms. The maximum absolute atomic E-state index is 5.82. The molecule has 2 aromatic rings. The van der Waals surface area contributed by atoms with E-state index < -0.39 is 0 Å². The largest absolute Gasteiger partial charge is 0.464 e. The summed E-state index contributed by atoms with van der Waals surface area (Å²) in [7, 11) is 0. The zero-order chi connectivity index (χ0) is 13.2. The minimum Gasteiger partial charge on any atom is -0.464 e. The molecular weight excluding hydrogens is 274 g/mol. The van der Waals surface area contributed by atoms with E-state index in [1.165, 1.54) is 28.4 Å². The number of thiophene rings is 1. The van der Waals surface area contributed by atoms with Gasteiger partial charge in [0.05, 0.1) is 0 Å². The quantitative estimate of drug-likeness (QED) is 0.917. The van der Waals surface area contributed by atoms with Crippen molar-refractivity contribution in [2.45, 2.75) is 32.1 Å². The van der Waals surface area contributed by atoms with Crippen LogP contribution in [0.25, 0.3) is 0 Å². The van der Waals surface area contributed by atoms with Gasteiger partial charge in [-0.15, -0.1) is 11.3 Å². The molecule has 19 heavy (non-hydrogen) atoms. The third-order valence-electron chi connectivity index (χ3n) is 3.39. The lowest BCUT2D eigenvalue weighted by atomic mass is 10.1. The number of furan rings is 1. The molecule has 0 radical (unpaired) electrons. The lowest BCUT2D eigenvalue weighted by Gasteiger charge is -2.13. The second kappa shape index (κ2) is 5.73. The molecule has 0 aliphatic carbocycles. The van der Waals surface area contributed by atoms with Gasteiger partial charge < -0.3 is 9.73 Å². The standard InChI is InChI=1S/C15H19NOS2/c1-3-16-15(12-5-4-10(2)17-12)14-8-11-9-18-7-6-13(11)19-14/h4-5,8,15-16H,3,6-7,9H2,1-2H3. The van der Waals surface area contributed by atoms with Gasteiger partial charge in [0.2, 0.25) is 0 Å². The van der Waals surface area contributed by atoms with Gasteiger partial charge in [0.1, 0.15) is 17.6 Å². The Hall–Kier alpha value is -0.710. The molecule has 3 heterocycles. The van der Waals surface area contributed by atoms with Crippen LogP contribution in [0.3, 0.4) is 0 Å². The van der Waals surface area contributed by atoms with Crippen molar-refractivity contribution in [3.8, 4) is 0 Å². The molecular formula is C15H19NOS2. The van der Waals surface area contributed by atoms with Gasteiger partial charge in [-0.2, -0.15) is 11.8 Å². The van der Waals surface area contributed by atoms with Crippen molar-refractivity contribution >= 4 is 23.1 Å². The molecule has 1 N–H and O–H groups in total. The SMILES string of the molecule is CCNC(c1ccc(C)o1)c1cc2c(s1)CCSC2. The second-order valence-corrected chi connectivity index (χ2v) is 7.11. The van der Waals surface area contributed by atoms with E-state index in [4.69, 9.17) is 4.42 Å². The summed E-state index contributed by atoms with van der Waals surface area (Å²) in [5.41, 5.74) is 1.53. The molecule has 1 atom stereocenters. The minimum atomic E-state index is 0.208. The normalized spacial score (nSPS) is 16.3. The lowest BCUT2D eigenvalue weighted by Crippen LogP contribution is -2.20. The van der Waals surface area contributed by atoms with Crippen LogP contribution in [0.5, 0.6) is 0 Å². The highest BCUT2D eigenvalue weighted by Crippen LogP contribution is 2.36. The van der Waals surface area contributed by atoms with E-state index in [-0.39, 0.29) is 6.04 Å². The Morgan fingerprint density at radius 2 is 2.32 bits per heavy atom. The third kappa shape index (κ3) is 2.76. The van der Waals surface area contributed by atoms with Gasteiger partial charge in [-0.3, -0.25) is 0 Å². The first kappa shape index (κ1) is 13.3. The van der Waals surface area contributed by atoms with Gasteiger partial charge in [0.25, 0.3) is 0 Å². The van der Waals surface area contributed by atoms with Crippen molar-refractivity contribution in [1.29, 1.82) is 0 Å². The number of hydrogen-bond acceptors (Lipinski definition) is 4. The van der Waals surface area contributed by atoms with E-state index in [1.54, 1.807) is 4.88 Å². The highest BCUT2D eigenvalue weighted by atomic mass is 32.2. The fourth-order valence-corrected chi connectivity index (χ4v) is 4.93. The zero-order valence-electron chi connectivity index (χ0n) is 11.4. The average Bonchev–Trinajstić information content (AvgIpc) is 3.01. The van der Waals surface area contributed by atoms with Crippen molar-refractivity contribution in [2.75, 3.05) is 12.3 Å². The summed E-state index contributed by atoms with van der Waals surface area (Å²) < 4.78 is 5.82. The first-order chi connectivity index (χ1) is 9.28. The van der Waals surface area contributed by atoms with E-state index in [2.05, 4.69) is 24.4 Å². The van der Waals surface area contributed by atoms with E-state index in [0.29, 0.717) is 0 Å². The molecule has 0 bridgehead atoms. The number of thioether (sulfide) groups is 1. The van der Waals surface area contributed by atoms with Gasteiger partial charge >= 0.3 is 0 Å². The number of rotatable bonds is 4. The van der Waals surface area contributed by atoms with E-state index in [1.807, 2.05) is 36.1 Å². The average molecular weight is 293 g/mol. The first-order valence-electron chi connectivity index (χ1n) is 6.77. The second-order valence-electron chi connectivity index (χ2n) is 4.84. The van der Waals surface area contributed by atoms with Crippen LogP contribution in [0.4, 0.5) is 0 Å². The fourth-order valence-electron chi connectivity index (χ4n) is 2.47. The summed E-state index contributed by atoms with van der Waals surface area (Å²) in [4.78, 5) is 2.96. The summed E-state index contributed by atoms with van der Waals surface area (Å²) >= 11 is 3.99. The highest BCUT2D eigenvalue weighted by molar-refractivity contribution is 7.98. The fraction of sp³-hybridized carbons (Fsp3) is 0.467. The van der Waals surface area contributed by atoms with Crippen LogP contribution in [0, 0.1) is 6.92 Å². The highest BCUT2D eigenvalue weighted by Gasteiger charge is 2.22. The molecule has 2 nitrogen and oxygen atoms in total. The van der Waals surface area contributed by atoms with Crippen LogP contribution < -0.4 is 5.32 Å². The Morgan fingerprint density at radius 1 is 1.42 bits per heavy atom. The van der Waals surface area contributed by atoms with E-state index in [9.17, 15) is 0 Å². The Bertz CT molecular complexity index is 535. The molecule has 1 aliphatic rings. The third-order valence-corrected chi connectivity index (χ3v) is 5.70. The first-order valence-corrected chi connectivity index (χ1v) is 8.74. The molecule has 0 saturated carbocycles. The molecule has 3 rings (SSSR count). The van der Waals surface area contributed by atoms with Gasteiger partial charge in [-0.25, -0.2) is 0 Å². The van der Waals surface area contributed by atoms with Gasteiger partial charge in [0.15, 0.2) is 0 Å². The van der Waals surface area contributed by atoms with Crippen LogP contribution in [0.2, 0.25) is 0 Å². The minimum absolute atomic E-state index is 0.208. The van der Waals surface area contributed by atoms with Crippen molar-refractivity contribution < 1.29 is 4.42 Å². The lowest BCUT2D eigenvalue weighted by molar-refractivity contribution is 0.437. The molecule has 1 aliphatic heterocycles. The number of aryl methyl sites for hydroxylation is 2. The summed E-state index contributed by atoms with van der Waals surface area (Å²) in [5, 5.41) is 3.55. The van der Waals surface area contributed by atoms with Crippen molar-refractivity contribution in [2.24, 2.45) is 0 Å². The topological polar surface area (TPSA) is 25.2 Å². The zero-order valence-corrected chi connectivity index (χ0v) is 13.0. The van der Waals surface area contributed by atoms with Gasteiger partial charge in [0, 0.05) is 15.5 Å². The molecule has 0 saturated heterocycles. The number of hydrogen-bond donors (Lipinski definition) is 1. The predicted octanol–water partition coefficient (Wildman–Crippen LogP) is 4.14. The van der Waals surface area contributed by atoms with Crippen molar-refractivity contribution in [3.63, 3.8) is 0 Å². The number of nitrogens with one attached hydrogen (secondary N) is 1. The Balaban J connectivity index is 1.93. The molecule has 0 aromatic carbocycles. The molecule has 2 aromatic heterocycles. The maximum Gasteiger partial charge on any atom is 0.126 e. The maximum atomic E-state index is 5.82. The molecule has 102 valence electrons. The predicted molar refractivity (Wildman–Crippen MR) is 83.1 cm³/mol. The van der Waals surface area contributed by atoms with Crippen LogP contribution >= 0.6 is 23.1 Å². The number of fused-ring (bicyclic) bond motifs is 1. The van der Waals surface area contributed by atoms with Crippen LogP contribution in [0.1, 0.15) is 39.8 Å².